The highest BCUT2D eigenvalue weighted by Gasteiger charge is 2.17. The van der Waals surface area contributed by atoms with E-state index in [2.05, 4.69) is 43.6 Å². The average Bonchev–Trinajstić information content (AvgIpc) is 2.55. The molecule has 1 aliphatic rings. The van der Waals surface area contributed by atoms with E-state index < -0.39 is 0 Å². The van der Waals surface area contributed by atoms with Crippen molar-refractivity contribution in [3.63, 3.8) is 0 Å². The molecular weight excluding hydrogens is 208 g/mol. The Labute approximate surface area is 105 Å². The van der Waals surface area contributed by atoms with E-state index >= 15 is 0 Å². The van der Waals surface area contributed by atoms with Crippen molar-refractivity contribution in [2.75, 3.05) is 13.1 Å². The minimum atomic E-state index is 0.580. The highest BCUT2D eigenvalue weighted by Crippen LogP contribution is 2.25. The van der Waals surface area contributed by atoms with E-state index in [1.807, 2.05) is 0 Å². The van der Waals surface area contributed by atoms with Gasteiger partial charge in [-0.05, 0) is 77.6 Å². The maximum atomic E-state index is 3.44. The molecule has 1 N–H and O–H groups in total. The Kier molecular flexibility index (Phi) is 3.93. The van der Waals surface area contributed by atoms with Crippen molar-refractivity contribution in [3.8, 4) is 0 Å². The van der Waals surface area contributed by atoms with Gasteiger partial charge in [-0.3, -0.25) is 0 Å². The maximum Gasteiger partial charge on any atom is 0.0279 e. The molecule has 0 atom stereocenters. The zero-order valence-corrected chi connectivity index (χ0v) is 11.7. The van der Waals surface area contributed by atoms with E-state index in [4.69, 9.17) is 0 Å². The average molecular weight is 234 g/mol. The second-order valence-corrected chi connectivity index (χ2v) is 5.76. The van der Waals surface area contributed by atoms with Gasteiger partial charge in [-0.25, -0.2) is 0 Å². The van der Waals surface area contributed by atoms with Gasteiger partial charge < -0.3 is 9.88 Å². The molecule has 0 spiro atoms. The van der Waals surface area contributed by atoms with Crippen LogP contribution in [0.4, 0.5) is 0 Å². The molecule has 1 aromatic rings. The van der Waals surface area contributed by atoms with E-state index in [9.17, 15) is 0 Å². The van der Waals surface area contributed by atoms with Gasteiger partial charge in [0.15, 0.2) is 0 Å². The summed E-state index contributed by atoms with van der Waals surface area (Å²) in [5.41, 5.74) is 4.47. The first kappa shape index (κ1) is 12.7. The van der Waals surface area contributed by atoms with Crippen LogP contribution < -0.4 is 5.32 Å². The van der Waals surface area contributed by atoms with Gasteiger partial charge in [0.25, 0.3) is 0 Å². The summed E-state index contributed by atoms with van der Waals surface area (Å²) in [5.74, 6) is 0.886. The molecule has 0 bridgehead atoms. The Morgan fingerprint density at radius 3 is 2.47 bits per heavy atom. The number of aromatic nitrogens is 1. The van der Waals surface area contributed by atoms with Crippen LogP contribution in [-0.4, -0.2) is 17.7 Å². The van der Waals surface area contributed by atoms with Crippen LogP contribution in [0.15, 0.2) is 6.07 Å². The number of piperidine rings is 1. The summed E-state index contributed by atoms with van der Waals surface area (Å²) in [4.78, 5) is 0. The largest absolute Gasteiger partial charge is 0.346 e. The Hall–Kier alpha value is -0.760. The first-order valence-electron chi connectivity index (χ1n) is 6.97. The number of nitrogens with one attached hydrogen (secondary N) is 1. The summed E-state index contributed by atoms with van der Waals surface area (Å²) in [5, 5.41) is 3.44. The minimum absolute atomic E-state index is 0.580. The van der Waals surface area contributed by atoms with Gasteiger partial charge in [-0.2, -0.15) is 0 Å². The third-order valence-electron chi connectivity index (χ3n) is 4.07. The number of hydrogen-bond donors (Lipinski definition) is 1. The Balaban J connectivity index is 2.13. The van der Waals surface area contributed by atoms with E-state index in [0.29, 0.717) is 6.04 Å². The summed E-state index contributed by atoms with van der Waals surface area (Å²) in [6.07, 6.45) is 3.95. The summed E-state index contributed by atoms with van der Waals surface area (Å²) in [6.45, 7) is 11.5. The quantitative estimate of drug-likeness (QED) is 0.849. The Bertz CT molecular complexity index is 371. The van der Waals surface area contributed by atoms with Gasteiger partial charge >= 0.3 is 0 Å². The lowest BCUT2D eigenvalue weighted by molar-refractivity contribution is 0.372. The molecule has 0 aliphatic carbocycles. The van der Waals surface area contributed by atoms with Crippen molar-refractivity contribution < 1.29 is 0 Å². The summed E-state index contributed by atoms with van der Waals surface area (Å²) in [7, 11) is 0. The lowest BCUT2D eigenvalue weighted by Crippen LogP contribution is -2.28. The molecule has 2 heteroatoms. The van der Waals surface area contributed by atoms with Crippen molar-refractivity contribution >= 4 is 0 Å². The fourth-order valence-electron chi connectivity index (χ4n) is 3.24. The van der Waals surface area contributed by atoms with Crippen LogP contribution >= 0.6 is 0 Å². The second kappa shape index (κ2) is 5.26. The SMILES string of the molecule is Cc1cc(CC2CCNCC2)c(C)n1C(C)C. The molecular formula is C15H26N2. The zero-order valence-electron chi connectivity index (χ0n) is 11.7. The molecule has 1 aromatic heterocycles. The van der Waals surface area contributed by atoms with Gasteiger partial charge in [-0.1, -0.05) is 0 Å². The molecule has 0 amide bonds. The lowest BCUT2D eigenvalue weighted by Gasteiger charge is -2.22. The van der Waals surface area contributed by atoms with Crippen LogP contribution in [0.3, 0.4) is 0 Å². The fraction of sp³-hybridized carbons (Fsp3) is 0.733. The van der Waals surface area contributed by atoms with Crippen LogP contribution in [0.25, 0.3) is 0 Å². The maximum absolute atomic E-state index is 3.44. The van der Waals surface area contributed by atoms with E-state index in [0.717, 1.165) is 5.92 Å². The van der Waals surface area contributed by atoms with Crippen LogP contribution in [0.1, 0.15) is 49.7 Å². The first-order chi connectivity index (χ1) is 8.09. The van der Waals surface area contributed by atoms with Crippen LogP contribution in [0.2, 0.25) is 0 Å². The van der Waals surface area contributed by atoms with Crippen LogP contribution in [-0.2, 0) is 6.42 Å². The van der Waals surface area contributed by atoms with Crippen molar-refractivity contribution in [2.45, 2.75) is 53.0 Å². The molecule has 0 saturated carbocycles. The van der Waals surface area contributed by atoms with Gasteiger partial charge in [-0.15, -0.1) is 0 Å². The molecule has 96 valence electrons. The molecule has 0 unspecified atom stereocenters. The number of nitrogens with zero attached hydrogens (tertiary/aromatic N) is 1. The van der Waals surface area contributed by atoms with E-state index in [1.54, 1.807) is 5.56 Å². The van der Waals surface area contributed by atoms with E-state index in [1.165, 1.54) is 43.7 Å². The number of aryl methyl sites for hydroxylation is 1. The van der Waals surface area contributed by atoms with Crippen molar-refractivity contribution in [2.24, 2.45) is 5.92 Å². The third kappa shape index (κ3) is 2.74. The van der Waals surface area contributed by atoms with Gasteiger partial charge in [0.1, 0.15) is 0 Å². The second-order valence-electron chi connectivity index (χ2n) is 5.76. The predicted molar refractivity (Wildman–Crippen MR) is 73.6 cm³/mol. The molecule has 0 radical (unpaired) electrons. The topological polar surface area (TPSA) is 17.0 Å². The van der Waals surface area contributed by atoms with Crippen molar-refractivity contribution in [1.82, 2.24) is 9.88 Å². The van der Waals surface area contributed by atoms with Gasteiger partial charge in [0, 0.05) is 17.4 Å². The fourth-order valence-corrected chi connectivity index (χ4v) is 3.24. The lowest BCUT2D eigenvalue weighted by atomic mass is 9.91. The highest BCUT2D eigenvalue weighted by atomic mass is 15.0. The first-order valence-corrected chi connectivity index (χ1v) is 6.97. The predicted octanol–water partition coefficient (Wildman–Crippen LogP) is 3.23. The molecule has 2 nitrogen and oxygen atoms in total. The molecule has 0 aromatic carbocycles. The van der Waals surface area contributed by atoms with Gasteiger partial charge in [0.05, 0.1) is 0 Å². The Morgan fingerprint density at radius 1 is 1.29 bits per heavy atom. The summed E-state index contributed by atoms with van der Waals surface area (Å²) >= 11 is 0. The summed E-state index contributed by atoms with van der Waals surface area (Å²) < 4.78 is 2.47. The molecule has 2 heterocycles. The summed E-state index contributed by atoms with van der Waals surface area (Å²) in [6, 6.07) is 2.98. The standard InChI is InChI=1S/C15H26N2/c1-11(2)17-12(3)9-15(13(17)4)10-14-5-7-16-8-6-14/h9,11,14,16H,5-8,10H2,1-4H3. The molecule has 17 heavy (non-hydrogen) atoms. The normalized spacial score (nSPS) is 17.9. The van der Waals surface area contributed by atoms with Crippen molar-refractivity contribution in [3.05, 3.63) is 23.0 Å². The number of rotatable bonds is 3. The molecule has 2 rings (SSSR count). The molecule has 1 fully saturated rings. The van der Waals surface area contributed by atoms with Crippen molar-refractivity contribution in [1.29, 1.82) is 0 Å². The zero-order chi connectivity index (χ0) is 12.4. The third-order valence-corrected chi connectivity index (χ3v) is 4.07. The smallest absolute Gasteiger partial charge is 0.0279 e. The Morgan fingerprint density at radius 2 is 1.94 bits per heavy atom. The highest BCUT2D eigenvalue weighted by molar-refractivity contribution is 5.28. The van der Waals surface area contributed by atoms with Crippen LogP contribution in [0, 0.1) is 19.8 Å². The van der Waals surface area contributed by atoms with Gasteiger partial charge in [0.2, 0.25) is 0 Å². The molecule has 1 saturated heterocycles. The van der Waals surface area contributed by atoms with E-state index in [-0.39, 0.29) is 0 Å². The monoisotopic (exact) mass is 234 g/mol. The minimum Gasteiger partial charge on any atom is -0.346 e. The van der Waals surface area contributed by atoms with Crippen LogP contribution in [0.5, 0.6) is 0 Å². The number of hydrogen-bond acceptors (Lipinski definition) is 1. The molecule has 1 aliphatic heterocycles.